The van der Waals surface area contributed by atoms with E-state index in [1.165, 1.54) is 24.3 Å². The summed E-state index contributed by atoms with van der Waals surface area (Å²) in [7, 11) is 0. The SMILES string of the molecule is Cc1ccccc1NC(=O)NC(=O)c1ccc(NC(=O)NC(=O)c2cc3ccccc3c(C)c2O)cc1Cl. The molecule has 38 heavy (non-hydrogen) atoms. The lowest BCUT2D eigenvalue weighted by molar-refractivity contribution is 0.0956. The van der Waals surface area contributed by atoms with Crippen molar-refractivity contribution in [1.29, 1.82) is 0 Å². The van der Waals surface area contributed by atoms with Gasteiger partial charge in [-0.3, -0.25) is 20.2 Å². The number of rotatable bonds is 4. The quantitative estimate of drug-likeness (QED) is 0.229. The molecule has 0 unspecified atom stereocenters. The Kier molecular flexibility index (Phi) is 7.59. The zero-order chi connectivity index (χ0) is 27.4. The maximum Gasteiger partial charge on any atom is 0.326 e. The van der Waals surface area contributed by atoms with Gasteiger partial charge in [-0.2, -0.15) is 0 Å². The van der Waals surface area contributed by atoms with E-state index in [4.69, 9.17) is 11.6 Å². The first-order valence-corrected chi connectivity index (χ1v) is 11.8. The largest absolute Gasteiger partial charge is 0.507 e. The van der Waals surface area contributed by atoms with Crippen LogP contribution in [0.25, 0.3) is 10.8 Å². The number of phenols is 1. The summed E-state index contributed by atoms with van der Waals surface area (Å²) >= 11 is 6.21. The number of aromatic hydroxyl groups is 1. The highest BCUT2D eigenvalue weighted by atomic mass is 35.5. The molecule has 0 aliphatic rings. The first kappa shape index (κ1) is 26.2. The zero-order valence-corrected chi connectivity index (χ0v) is 21.1. The molecule has 4 aromatic carbocycles. The fraction of sp³-hybridized carbons (Fsp3) is 0.0714. The minimum absolute atomic E-state index is 0.00481. The molecule has 192 valence electrons. The van der Waals surface area contributed by atoms with Crippen molar-refractivity contribution in [2.75, 3.05) is 10.6 Å². The number of benzene rings is 4. The average molecular weight is 531 g/mol. The normalized spacial score (nSPS) is 10.5. The molecule has 6 amide bonds. The summed E-state index contributed by atoms with van der Waals surface area (Å²) in [5.74, 6) is -1.76. The van der Waals surface area contributed by atoms with Gasteiger partial charge in [0.05, 0.1) is 16.1 Å². The second-order valence-electron chi connectivity index (χ2n) is 8.44. The van der Waals surface area contributed by atoms with Gasteiger partial charge in [-0.15, -0.1) is 0 Å². The smallest absolute Gasteiger partial charge is 0.326 e. The molecule has 0 heterocycles. The van der Waals surface area contributed by atoms with E-state index >= 15 is 0 Å². The Morgan fingerprint density at radius 2 is 1.37 bits per heavy atom. The monoisotopic (exact) mass is 530 g/mol. The number of nitrogens with one attached hydrogen (secondary N) is 4. The molecule has 0 aromatic heterocycles. The minimum Gasteiger partial charge on any atom is -0.507 e. The average Bonchev–Trinajstić information content (AvgIpc) is 2.87. The molecule has 0 aliphatic heterocycles. The van der Waals surface area contributed by atoms with Crippen LogP contribution in [0.5, 0.6) is 5.75 Å². The van der Waals surface area contributed by atoms with Crippen LogP contribution in [0.3, 0.4) is 0 Å². The number of hydrogen-bond acceptors (Lipinski definition) is 5. The number of aryl methyl sites for hydroxylation is 2. The van der Waals surface area contributed by atoms with Crippen molar-refractivity contribution in [1.82, 2.24) is 10.6 Å². The maximum atomic E-state index is 12.7. The van der Waals surface area contributed by atoms with E-state index < -0.39 is 23.9 Å². The molecule has 0 saturated heterocycles. The van der Waals surface area contributed by atoms with Crippen LogP contribution in [0.1, 0.15) is 31.8 Å². The third kappa shape index (κ3) is 5.74. The Bertz CT molecular complexity index is 1600. The third-order valence-corrected chi connectivity index (χ3v) is 6.15. The summed E-state index contributed by atoms with van der Waals surface area (Å²) in [5, 5.41) is 21.4. The highest BCUT2D eigenvalue weighted by molar-refractivity contribution is 6.34. The Labute approximate surface area is 222 Å². The van der Waals surface area contributed by atoms with Crippen LogP contribution in [0, 0.1) is 13.8 Å². The minimum atomic E-state index is -0.869. The molecule has 0 atom stereocenters. The number of halogens is 1. The van der Waals surface area contributed by atoms with E-state index in [0.29, 0.717) is 11.3 Å². The summed E-state index contributed by atoms with van der Waals surface area (Å²) in [6.45, 7) is 3.50. The van der Waals surface area contributed by atoms with Gasteiger partial charge in [0.1, 0.15) is 5.75 Å². The molecule has 4 rings (SSSR count). The topological polar surface area (TPSA) is 137 Å². The second-order valence-corrected chi connectivity index (χ2v) is 8.85. The van der Waals surface area contributed by atoms with Crippen LogP contribution in [0.2, 0.25) is 5.02 Å². The van der Waals surface area contributed by atoms with E-state index in [0.717, 1.165) is 16.3 Å². The van der Waals surface area contributed by atoms with Crippen LogP contribution in [0.4, 0.5) is 21.0 Å². The molecule has 9 nitrogen and oxygen atoms in total. The van der Waals surface area contributed by atoms with E-state index in [-0.39, 0.29) is 27.6 Å². The van der Waals surface area contributed by atoms with Crippen LogP contribution in [-0.2, 0) is 0 Å². The highest BCUT2D eigenvalue weighted by Gasteiger charge is 2.19. The second kappa shape index (κ2) is 11.0. The molecular weight excluding hydrogens is 508 g/mol. The number of fused-ring (bicyclic) bond motifs is 1. The molecular formula is C28H23ClN4O5. The van der Waals surface area contributed by atoms with Gasteiger partial charge in [-0.05, 0) is 66.1 Å². The molecule has 0 radical (unpaired) electrons. The predicted molar refractivity (Wildman–Crippen MR) is 146 cm³/mol. The number of urea groups is 2. The van der Waals surface area contributed by atoms with E-state index in [2.05, 4.69) is 21.3 Å². The molecule has 0 aliphatic carbocycles. The number of carbonyl (C=O) groups excluding carboxylic acids is 4. The summed E-state index contributed by atoms with van der Waals surface area (Å²) in [6, 6.07) is 18.3. The zero-order valence-electron chi connectivity index (χ0n) is 20.4. The lowest BCUT2D eigenvalue weighted by atomic mass is 10.00. The molecule has 4 aromatic rings. The highest BCUT2D eigenvalue weighted by Crippen LogP contribution is 2.30. The number of para-hydroxylation sites is 1. The summed E-state index contributed by atoms with van der Waals surface area (Å²) in [6.07, 6.45) is 0. The predicted octanol–water partition coefficient (Wildman–Crippen LogP) is 5.74. The van der Waals surface area contributed by atoms with Gasteiger partial charge in [0, 0.05) is 11.4 Å². The van der Waals surface area contributed by atoms with Gasteiger partial charge in [0.25, 0.3) is 11.8 Å². The number of anilines is 2. The van der Waals surface area contributed by atoms with Crippen LogP contribution in [0.15, 0.2) is 72.8 Å². The summed E-state index contributed by atoms with van der Waals surface area (Å²) < 4.78 is 0. The number of amides is 6. The van der Waals surface area contributed by atoms with Gasteiger partial charge in [-0.25, -0.2) is 9.59 Å². The van der Waals surface area contributed by atoms with Crippen molar-refractivity contribution in [3.63, 3.8) is 0 Å². The molecule has 5 N–H and O–H groups in total. The Balaban J connectivity index is 1.39. The first-order valence-electron chi connectivity index (χ1n) is 11.4. The fourth-order valence-electron chi connectivity index (χ4n) is 3.84. The van der Waals surface area contributed by atoms with E-state index in [1.807, 2.05) is 31.2 Å². The standard InChI is InChI=1S/C28H23ClN4O5/c1-15-7-3-6-10-23(15)31-28(38)32-25(35)20-12-11-18(14-22(20)29)30-27(37)33-26(36)21-13-17-8-4-5-9-19(17)16(2)24(21)34/h3-14,34H,1-2H3,(H2,30,33,36,37)(H2,31,32,35,38). The third-order valence-electron chi connectivity index (χ3n) is 5.84. The number of hydrogen-bond donors (Lipinski definition) is 5. The Morgan fingerprint density at radius 3 is 2.08 bits per heavy atom. The number of phenolic OH excluding ortho intramolecular Hbond substituents is 1. The van der Waals surface area contributed by atoms with Crippen LogP contribution in [-0.4, -0.2) is 29.0 Å². The molecule has 0 saturated carbocycles. The molecule has 0 fully saturated rings. The Morgan fingerprint density at radius 1 is 0.737 bits per heavy atom. The summed E-state index contributed by atoms with van der Waals surface area (Å²) in [4.78, 5) is 49.8. The number of imide groups is 2. The van der Waals surface area contributed by atoms with Crippen molar-refractivity contribution in [2.45, 2.75) is 13.8 Å². The fourth-order valence-corrected chi connectivity index (χ4v) is 4.10. The Hall–Kier alpha value is -4.89. The lowest BCUT2D eigenvalue weighted by Crippen LogP contribution is -2.35. The van der Waals surface area contributed by atoms with Crippen molar-refractivity contribution in [2.24, 2.45) is 0 Å². The molecule has 10 heteroatoms. The maximum absolute atomic E-state index is 12.7. The van der Waals surface area contributed by atoms with Crippen molar-refractivity contribution in [3.05, 3.63) is 100 Å². The van der Waals surface area contributed by atoms with Gasteiger partial charge in [-0.1, -0.05) is 54.1 Å². The van der Waals surface area contributed by atoms with Gasteiger partial charge >= 0.3 is 12.1 Å². The van der Waals surface area contributed by atoms with Crippen molar-refractivity contribution < 1.29 is 24.3 Å². The van der Waals surface area contributed by atoms with Gasteiger partial charge in [0.15, 0.2) is 0 Å². The summed E-state index contributed by atoms with van der Waals surface area (Å²) in [5.41, 5.74) is 2.04. The molecule has 0 spiro atoms. The number of carbonyl (C=O) groups is 4. The lowest BCUT2D eigenvalue weighted by Gasteiger charge is -2.12. The van der Waals surface area contributed by atoms with Gasteiger partial charge in [0.2, 0.25) is 0 Å². The van der Waals surface area contributed by atoms with Crippen molar-refractivity contribution >= 4 is 57.6 Å². The molecule has 0 bridgehead atoms. The first-order chi connectivity index (χ1) is 18.1. The van der Waals surface area contributed by atoms with Crippen LogP contribution >= 0.6 is 11.6 Å². The van der Waals surface area contributed by atoms with E-state index in [9.17, 15) is 24.3 Å². The van der Waals surface area contributed by atoms with E-state index in [1.54, 1.807) is 31.2 Å². The van der Waals surface area contributed by atoms with Crippen LogP contribution < -0.4 is 21.3 Å². The van der Waals surface area contributed by atoms with Crippen molar-refractivity contribution in [3.8, 4) is 5.75 Å². The van der Waals surface area contributed by atoms with Gasteiger partial charge < -0.3 is 15.7 Å².